The Morgan fingerprint density at radius 3 is 2.78 bits per heavy atom. The Balaban J connectivity index is 1.97. The fourth-order valence-corrected chi connectivity index (χ4v) is 2.69. The van der Waals surface area contributed by atoms with Gasteiger partial charge in [-0.1, -0.05) is 18.2 Å². The third-order valence-corrected chi connectivity index (χ3v) is 3.68. The van der Waals surface area contributed by atoms with Gasteiger partial charge in [0.1, 0.15) is 0 Å². The topological polar surface area (TPSA) is 37.0 Å². The highest BCUT2D eigenvalue weighted by atomic mass is 16.5. The van der Waals surface area contributed by atoms with E-state index < -0.39 is 0 Å². The largest absolute Gasteiger partial charge is 0.370 e. The van der Waals surface area contributed by atoms with Crippen LogP contribution in [0.2, 0.25) is 0 Å². The summed E-state index contributed by atoms with van der Waals surface area (Å²) in [4.78, 5) is 3.44. The fourth-order valence-electron chi connectivity index (χ4n) is 2.69. The molecule has 0 spiro atoms. The number of para-hydroxylation sites is 1. The molecule has 1 fully saturated rings. The van der Waals surface area contributed by atoms with E-state index in [0.29, 0.717) is 0 Å². The highest BCUT2D eigenvalue weighted by molar-refractivity contribution is 5.85. The van der Waals surface area contributed by atoms with Crippen LogP contribution in [-0.2, 0) is 4.74 Å². The number of benzene rings is 1. The average molecular weight is 244 g/mol. The van der Waals surface area contributed by atoms with Gasteiger partial charge in [0.05, 0.1) is 12.7 Å². The zero-order chi connectivity index (χ0) is 12.8. The Bertz CT molecular complexity index is 561. The lowest BCUT2D eigenvalue weighted by Crippen LogP contribution is -2.50. The molecule has 96 valence electrons. The molecular weight excluding hydrogens is 224 g/mol. The quantitative estimate of drug-likeness (QED) is 0.809. The van der Waals surface area contributed by atoms with Gasteiger partial charge in [-0.3, -0.25) is 0 Å². The van der Waals surface area contributed by atoms with E-state index in [4.69, 9.17) is 4.74 Å². The van der Waals surface area contributed by atoms with Crippen molar-refractivity contribution < 1.29 is 4.74 Å². The zero-order valence-corrected chi connectivity index (χ0v) is 11.2. The van der Waals surface area contributed by atoms with Crippen LogP contribution in [0.4, 0.5) is 0 Å². The van der Waals surface area contributed by atoms with Gasteiger partial charge in [-0.05, 0) is 26.8 Å². The van der Waals surface area contributed by atoms with Gasteiger partial charge in [-0.25, -0.2) is 0 Å². The van der Waals surface area contributed by atoms with E-state index in [1.807, 2.05) is 0 Å². The Kier molecular flexibility index (Phi) is 2.68. The van der Waals surface area contributed by atoms with Crippen molar-refractivity contribution in [2.24, 2.45) is 0 Å². The lowest BCUT2D eigenvalue weighted by atomic mass is 9.99. The summed E-state index contributed by atoms with van der Waals surface area (Å²) in [6, 6.07) is 8.42. The molecule has 1 atom stereocenters. The second kappa shape index (κ2) is 4.11. The van der Waals surface area contributed by atoms with E-state index in [0.717, 1.165) is 13.2 Å². The number of fused-ring (bicyclic) bond motifs is 1. The van der Waals surface area contributed by atoms with Gasteiger partial charge in [0.2, 0.25) is 0 Å². The molecule has 0 saturated carbocycles. The Labute approximate surface area is 108 Å². The van der Waals surface area contributed by atoms with Crippen LogP contribution in [0.5, 0.6) is 0 Å². The number of hydrogen-bond acceptors (Lipinski definition) is 2. The molecule has 0 radical (unpaired) electrons. The average Bonchev–Trinajstić information content (AvgIpc) is 2.66. The highest BCUT2D eigenvalue weighted by Crippen LogP contribution is 2.32. The zero-order valence-electron chi connectivity index (χ0n) is 11.2. The van der Waals surface area contributed by atoms with Gasteiger partial charge in [-0.15, -0.1) is 0 Å². The Morgan fingerprint density at radius 1 is 1.28 bits per heavy atom. The van der Waals surface area contributed by atoms with Gasteiger partial charge in [0, 0.05) is 34.2 Å². The maximum Gasteiger partial charge on any atom is 0.0973 e. The molecule has 3 nitrogen and oxygen atoms in total. The number of hydrogen-bond donors (Lipinski definition) is 2. The molecule has 0 aliphatic carbocycles. The van der Waals surface area contributed by atoms with Crippen LogP contribution in [0, 0.1) is 6.92 Å². The van der Waals surface area contributed by atoms with E-state index in [9.17, 15) is 0 Å². The maximum atomic E-state index is 6.04. The number of aromatic nitrogens is 1. The molecule has 18 heavy (non-hydrogen) atoms. The normalized spacial score (nSPS) is 23.4. The van der Waals surface area contributed by atoms with Crippen molar-refractivity contribution in [3.8, 4) is 0 Å². The first-order valence-corrected chi connectivity index (χ1v) is 6.51. The van der Waals surface area contributed by atoms with E-state index in [1.54, 1.807) is 0 Å². The van der Waals surface area contributed by atoms with E-state index in [-0.39, 0.29) is 11.6 Å². The molecular formula is C15H20N2O. The van der Waals surface area contributed by atoms with Crippen molar-refractivity contribution >= 4 is 10.9 Å². The van der Waals surface area contributed by atoms with Crippen LogP contribution in [0.1, 0.15) is 31.2 Å². The van der Waals surface area contributed by atoms with Crippen molar-refractivity contribution in [1.29, 1.82) is 0 Å². The number of morpholine rings is 1. The summed E-state index contributed by atoms with van der Waals surface area (Å²) in [7, 11) is 0. The number of ether oxygens (including phenoxy) is 1. The summed E-state index contributed by atoms with van der Waals surface area (Å²) >= 11 is 0. The van der Waals surface area contributed by atoms with E-state index in [1.165, 1.54) is 22.2 Å². The predicted octanol–water partition coefficient (Wildman–Crippen LogP) is 2.92. The second-order valence-electron chi connectivity index (χ2n) is 5.77. The van der Waals surface area contributed by atoms with Crippen LogP contribution in [0.3, 0.4) is 0 Å². The van der Waals surface area contributed by atoms with Crippen LogP contribution >= 0.6 is 0 Å². The molecule has 1 saturated heterocycles. The molecule has 1 unspecified atom stereocenters. The SMILES string of the molecule is Cc1[nH]c2ccccc2c1C1CNC(C)(C)CO1. The Morgan fingerprint density at radius 2 is 2.06 bits per heavy atom. The van der Waals surface area contributed by atoms with Crippen LogP contribution in [0.25, 0.3) is 10.9 Å². The number of rotatable bonds is 1. The van der Waals surface area contributed by atoms with Crippen molar-refractivity contribution in [1.82, 2.24) is 10.3 Å². The smallest absolute Gasteiger partial charge is 0.0973 e. The molecule has 1 aliphatic rings. The third-order valence-electron chi connectivity index (χ3n) is 3.68. The molecule has 2 heterocycles. The molecule has 3 rings (SSSR count). The number of aryl methyl sites for hydroxylation is 1. The van der Waals surface area contributed by atoms with Crippen molar-refractivity contribution in [2.45, 2.75) is 32.4 Å². The first-order chi connectivity index (χ1) is 8.57. The summed E-state index contributed by atoms with van der Waals surface area (Å²) in [5, 5.41) is 4.83. The lowest BCUT2D eigenvalue weighted by Gasteiger charge is -2.36. The summed E-state index contributed by atoms with van der Waals surface area (Å²) in [5.41, 5.74) is 3.78. The molecule has 3 heteroatoms. The molecule has 1 aliphatic heterocycles. The van der Waals surface area contributed by atoms with Gasteiger partial charge < -0.3 is 15.0 Å². The minimum absolute atomic E-state index is 0.0799. The lowest BCUT2D eigenvalue weighted by molar-refractivity contribution is -0.0224. The van der Waals surface area contributed by atoms with Gasteiger partial charge in [0.25, 0.3) is 0 Å². The van der Waals surface area contributed by atoms with Crippen molar-refractivity contribution in [3.05, 3.63) is 35.5 Å². The first-order valence-electron chi connectivity index (χ1n) is 6.51. The van der Waals surface area contributed by atoms with Crippen molar-refractivity contribution in [3.63, 3.8) is 0 Å². The first kappa shape index (κ1) is 11.8. The molecule has 0 amide bonds. The van der Waals surface area contributed by atoms with Gasteiger partial charge in [0.15, 0.2) is 0 Å². The molecule has 2 aromatic rings. The van der Waals surface area contributed by atoms with Gasteiger partial charge in [-0.2, -0.15) is 0 Å². The van der Waals surface area contributed by atoms with Gasteiger partial charge >= 0.3 is 0 Å². The molecule has 1 aromatic heterocycles. The van der Waals surface area contributed by atoms with Crippen LogP contribution in [-0.4, -0.2) is 23.7 Å². The maximum absolute atomic E-state index is 6.04. The minimum atomic E-state index is 0.0799. The van der Waals surface area contributed by atoms with E-state index in [2.05, 4.69) is 55.3 Å². The number of H-pyrrole nitrogens is 1. The second-order valence-corrected chi connectivity index (χ2v) is 5.77. The summed E-state index contributed by atoms with van der Waals surface area (Å²) < 4.78 is 6.04. The molecule has 1 aromatic carbocycles. The summed E-state index contributed by atoms with van der Waals surface area (Å²) in [5.74, 6) is 0. The molecule has 2 N–H and O–H groups in total. The molecule has 0 bridgehead atoms. The van der Waals surface area contributed by atoms with Crippen molar-refractivity contribution in [2.75, 3.05) is 13.2 Å². The predicted molar refractivity (Wildman–Crippen MR) is 73.8 cm³/mol. The summed E-state index contributed by atoms with van der Waals surface area (Å²) in [6.07, 6.45) is 0.147. The van der Waals surface area contributed by atoms with Crippen LogP contribution in [0.15, 0.2) is 24.3 Å². The summed E-state index contributed by atoms with van der Waals surface area (Å²) in [6.45, 7) is 8.08. The number of aromatic amines is 1. The van der Waals surface area contributed by atoms with Crippen LogP contribution < -0.4 is 5.32 Å². The monoisotopic (exact) mass is 244 g/mol. The highest BCUT2D eigenvalue weighted by Gasteiger charge is 2.29. The Hall–Kier alpha value is -1.32. The number of nitrogens with one attached hydrogen (secondary N) is 2. The third kappa shape index (κ3) is 1.93. The van der Waals surface area contributed by atoms with E-state index >= 15 is 0 Å². The standard InChI is InChI=1S/C15H20N2O/c1-10-14(11-6-4-5-7-12(11)17-10)13-8-16-15(2,3)9-18-13/h4-7,13,16-17H,8-9H2,1-3H3. The fraction of sp³-hybridized carbons (Fsp3) is 0.467. The minimum Gasteiger partial charge on any atom is -0.370 e.